The summed E-state index contributed by atoms with van der Waals surface area (Å²) in [5.41, 5.74) is 1.59. The van der Waals surface area contributed by atoms with Gasteiger partial charge in [0, 0.05) is 6.54 Å². The number of nitrogens with zero attached hydrogens (tertiary/aromatic N) is 3. The molecule has 1 fully saturated rings. The third-order valence-electron chi connectivity index (χ3n) is 3.44. The van der Waals surface area contributed by atoms with E-state index in [1.54, 1.807) is 18.2 Å². The third kappa shape index (κ3) is 2.52. The first-order valence-corrected chi connectivity index (χ1v) is 6.58. The Balaban J connectivity index is 1.83. The Bertz CT molecular complexity index is 591. The van der Waals surface area contributed by atoms with Crippen molar-refractivity contribution in [3.8, 4) is 0 Å². The summed E-state index contributed by atoms with van der Waals surface area (Å²) in [6.07, 6.45) is 1.16. The molecule has 3 rings (SSSR count). The van der Waals surface area contributed by atoms with Gasteiger partial charge in [0.25, 0.3) is 5.70 Å². The fourth-order valence-electron chi connectivity index (χ4n) is 2.31. The van der Waals surface area contributed by atoms with E-state index in [0.29, 0.717) is 23.6 Å². The lowest BCUT2D eigenvalue weighted by atomic mass is 10.1. The number of nitrogens with one attached hydrogen (secondary N) is 1. The molecule has 0 amide bonds. The van der Waals surface area contributed by atoms with Crippen molar-refractivity contribution in [1.29, 1.82) is 0 Å². The van der Waals surface area contributed by atoms with E-state index in [4.69, 9.17) is 4.74 Å². The molecule has 2 aliphatic heterocycles. The van der Waals surface area contributed by atoms with Gasteiger partial charge in [0.1, 0.15) is 17.6 Å². The average Bonchev–Trinajstić information content (AvgIpc) is 3.07. The highest BCUT2D eigenvalue weighted by Crippen LogP contribution is 2.28. The Hall–Kier alpha value is -1.92. The van der Waals surface area contributed by atoms with Gasteiger partial charge >= 0.3 is 0 Å². The highest BCUT2D eigenvalue weighted by atomic mass is 19.1. The predicted octanol–water partition coefficient (Wildman–Crippen LogP) is 1.97. The van der Waals surface area contributed by atoms with Crippen LogP contribution in [0.5, 0.6) is 0 Å². The molecular formula is C14H16FN4O+. The van der Waals surface area contributed by atoms with Gasteiger partial charge in [-0.1, -0.05) is 12.1 Å². The van der Waals surface area contributed by atoms with E-state index in [2.05, 4.69) is 22.4 Å². The topological polar surface area (TPSA) is 49.0 Å². The molecule has 6 heteroatoms. The summed E-state index contributed by atoms with van der Waals surface area (Å²) in [5.74, 6) is -0.322. The molecule has 0 aromatic heterocycles. The minimum atomic E-state index is -0.322. The molecule has 1 N–H and O–H groups in total. The molecule has 2 aliphatic rings. The van der Waals surface area contributed by atoms with Gasteiger partial charge in [0.2, 0.25) is 5.70 Å². The number of rotatable bonds is 4. The van der Waals surface area contributed by atoms with Gasteiger partial charge in [0.15, 0.2) is 0 Å². The molecule has 0 bridgehead atoms. The second-order valence-electron chi connectivity index (χ2n) is 4.79. The largest absolute Gasteiger partial charge is 0.368 e. The second-order valence-corrected chi connectivity index (χ2v) is 4.79. The quantitative estimate of drug-likeness (QED) is 0.854. The van der Waals surface area contributed by atoms with E-state index >= 15 is 0 Å². The third-order valence-corrected chi connectivity index (χ3v) is 3.44. The molecule has 5 nitrogen and oxygen atoms in total. The zero-order chi connectivity index (χ0) is 13.9. The molecule has 1 unspecified atom stereocenters. The molecule has 0 saturated carbocycles. The van der Waals surface area contributed by atoms with Gasteiger partial charge in [-0.15, -0.1) is 4.68 Å². The minimum Gasteiger partial charge on any atom is -0.368 e. The Morgan fingerprint density at radius 2 is 2.30 bits per heavy atom. The molecule has 0 aliphatic carbocycles. The first-order valence-electron chi connectivity index (χ1n) is 6.58. The Labute approximate surface area is 116 Å². The highest BCUT2D eigenvalue weighted by Gasteiger charge is 2.30. The first-order chi connectivity index (χ1) is 9.75. The normalized spacial score (nSPS) is 22.1. The Morgan fingerprint density at radius 3 is 3.05 bits per heavy atom. The molecular weight excluding hydrogens is 259 g/mol. The highest BCUT2D eigenvalue weighted by molar-refractivity contribution is 5.67. The smallest absolute Gasteiger partial charge is 0.260 e. The van der Waals surface area contributed by atoms with Crippen molar-refractivity contribution in [3.63, 3.8) is 0 Å². The standard InChI is InChI=1S/C14H16FN4O/c1-19-13(9-20-10-6-7-16-8-10)14(17-18-19)11-4-2-3-5-12(11)15/h2-5,10,16H,1,6-9H2/q+1. The number of halogens is 1. The van der Waals surface area contributed by atoms with Crippen molar-refractivity contribution in [2.75, 3.05) is 19.7 Å². The van der Waals surface area contributed by atoms with E-state index in [1.165, 1.54) is 10.8 Å². The number of hydrogen-bond acceptors (Lipinski definition) is 4. The van der Waals surface area contributed by atoms with Crippen molar-refractivity contribution in [2.45, 2.75) is 12.5 Å². The van der Waals surface area contributed by atoms with Gasteiger partial charge in [0.05, 0.1) is 23.5 Å². The van der Waals surface area contributed by atoms with E-state index in [1.807, 2.05) is 0 Å². The van der Waals surface area contributed by atoms with Crippen LogP contribution in [0.3, 0.4) is 0 Å². The summed E-state index contributed by atoms with van der Waals surface area (Å²) in [6, 6.07) is 6.50. The van der Waals surface area contributed by atoms with Crippen LogP contribution in [0, 0.1) is 5.82 Å². The minimum absolute atomic E-state index is 0.179. The molecule has 1 aromatic rings. The van der Waals surface area contributed by atoms with Crippen LogP contribution in [0.15, 0.2) is 40.3 Å². The zero-order valence-corrected chi connectivity index (χ0v) is 11.1. The van der Waals surface area contributed by atoms with Crippen LogP contribution in [-0.4, -0.2) is 37.2 Å². The van der Waals surface area contributed by atoms with Crippen LogP contribution in [-0.2, 0) is 4.74 Å². The molecule has 1 atom stereocenters. The van der Waals surface area contributed by atoms with Crippen molar-refractivity contribution in [1.82, 2.24) is 5.32 Å². The van der Waals surface area contributed by atoms with Crippen LogP contribution >= 0.6 is 0 Å². The number of hydrogen-bond donors (Lipinski definition) is 1. The van der Waals surface area contributed by atoms with Crippen LogP contribution in [0.1, 0.15) is 12.0 Å². The number of benzene rings is 1. The van der Waals surface area contributed by atoms with Gasteiger partial charge in [-0.25, -0.2) is 4.39 Å². The molecule has 104 valence electrons. The van der Waals surface area contributed by atoms with Crippen molar-refractivity contribution in [2.24, 2.45) is 10.3 Å². The molecule has 1 aromatic carbocycles. The van der Waals surface area contributed by atoms with Crippen molar-refractivity contribution >= 4 is 12.4 Å². The van der Waals surface area contributed by atoms with Crippen LogP contribution in [0.25, 0.3) is 5.70 Å². The maximum atomic E-state index is 13.9. The van der Waals surface area contributed by atoms with Gasteiger partial charge < -0.3 is 10.1 Å². The van der Waals surface area contributed by atoms with Gasteiger partial charge in [-0.05, 0) is 25.1 Å². The van der Waals surface area contributed by atoms with Crippen molar-refractivity contribution in [3.05, 3.63) is 41.3 Å². The average molecular weight is 275 g/mol. The van der Waals surface area contributed by atoms with E-state index in [9.17, 15) is 4.39 Å². The van der Waals surface area contributed by atoms with E-state index in [-0.39, 0.29) is 11.9 Å². The molecule has 0 radical (unpaired) electrons. The van der Waals surface area contributed by atoms with Gasteiger partial charge in [-0.2, -0.15) is 0 Å². The van der Waals surface area contributed by atoms with E-state index in [0.717, 1.165) is 19.5 Å². The van der Waals surface area contributed by atoms with Crippen LogP contribution in [0.2, 0.25) is 0 Å². The molecule has 1 saturated heterocycles. The molecule has 20 heavy (non-hydrogen) atoms. The lowest BCUT2D eigenvalue weighted by Gasteiger charge is -2.09. The maximum Gasteiger partial charge on any atom is 0.260 e. The first kappa shape index (κ1) is 13.1. The summed E-state index contributed by atoms with van der Waals surface area (Å²) in [5, 5.41) is 11.1. The summed E-state index contributed by atoms with van der Waals surface area (Å²) < 4.78 is 21.1. The fraction of sp³-hybridized carbons (Fsp3) is 0.357. The maximum absolute atomic E-state index is 13.9. The van der Waals surface area contributed by atoms with Crippen LogP contribution < -0.4 is 5.32 Å². The molecule has 2 heterocycles. The lowest BCUT2D eigenvalue weighted by molar-refractivity contribution is -0.479. The summed E-state index contributed by atoms with van der Waals surface area (Å²) >= 11 is 0. The lowest BCUT2D eigenvalue weighted by Crippen LogP contribution is -2.19. The Morgan fingerprint density at radius 1 is 1.45 bits per heavy atom. The molecule has 0 spiro atoms. The predicted molar refractivity (Wildman–Crippen MR) is 72.8 cm³/mol. The van der Waals surface area contributed by atoms with Gasteiger partial charge in [-0.3, -0.25) is 0 Å². The second kappa shape index (κ2) is 5.60. The fourth-order valence-corrected chi connectivity index (χ4v) is 2.31. The zero-order valence-electron chi connectivity index (χ0n) is 11.1. The summed E-state index contributed by atoms with van der Waals surface area (Å²) in [7, 11) is 0. The number of ether oxygens (including phenoxy) is 1. The summed E-state index contributed by atoms with van der Waals surface area (Å²) in [6.45, 7) is 5.90. The SMILES string of the molecule is C=[N+]1N=NC(c2ccccc2F)=C1COC1CCNC1. The van der Waals surface area contributed by atoms with Crippen LogP contribution in [0.4, 0.5) is 4.39 Å². The van der Waals surface area contributed by atoms with E-state index < -0.39 is 0 Å². The Kier molecular flexibility index (Phi) is 3.66. The van der Waals surface area contributed by atoms with Crippen molar-refractivity contribution < 1.29 is 13.8 Å². The monoisotopic (exact) mass is 275 g/mol. The summed E-state index contributed by atoms with van der Waals surface area (Å²) in [4.78, 5) is 0.